The van der Waals surface area contributed by atoms with Crippen molar-refractivity contribution in [2.75, 3.05) is 18.9 Å². The van der Waals surface area contributed by atoms with Crippen LogP contribution in [0.2, 0.25) is 0 Å². The van der Waals surface area contributed by atoms with Gasteiger partial charge in [-0.25, -0.2) is 4.79 Å². The Bertz CT molecular complexity index is 760. The third-order valence-electron chi connectivity index (χ3n) is 4.12. The normalized spacial score (nSPS) is 14.0. The molecule has 2 heterocycles. The van der Waals surface area contributed by atoms with E-state index in [0.717, 1.165) is 32.9 Å². The van der Waals surface area contributed by atoms with Crippen LogP contribution in [-0.2, 0) is 17.9 Å². The number of hydrogen-bond donors (Lipinski definition) is 1. The first-order valence-corrected chi connectivity index (χ1v) is 9.75. The van der Waals surface area contributed by atoms with Crippen molar-refractivity contribution >= 4 is 44.9 Å². The molecule has 0 bridgehead atoms. The molecule has 0 saturated carbocycles. The Kier molecular flexibility index (Phi) is 5.75. The molecule has 3 amide bonds. The number of halogens is 1. The van der Waals surface area contributed by atoms with Crippen LogP contribution >= 0.6 is 27.3 Å². The number of urea groups is 1. The summed E-state index contributed by atoms with van der Waals surface area (Å²) < 4.78 is 1.06. The van der Waals surface area contributed by atoms with Crippen molar-refractivity contribution in [3.05, 3.63) is 50.6 Å². The van der Waals surface area contributed by atoms with Gasteiger partial charge >= 0.3 is 6.03 Å². The van der Waals surface area contributed by atoms with Gasteiger partial charge in [-0.1, -0.05) is 12.1 Å². The Morgan fingerprint density at radius 3 is 2.64 bits per heavy atom. The maximum atomic E-state index is 12.3. The van der Waals surface area contributed by atoms with Crippen LogP contribution in [0.15, 0.2) is 40.2 Å². The zero-order valence-electron chi connectivity index (χ0n) is 14.0. The Morgan fingerprint density at radius 1 is 1.28 bits per heavy atom. The first-order chi connectivity index (χ1) is 12.0. The average molecular weight is 422 g/mol. The minimum atomic E-state index is -0.146. The van der Waals surface area contributed by atoms with Crippen LogP contribution < -0.4 is 5.32 Å². The van der Waals surface area contributed by atoms with Gasteiger partial charge in [-0.15, -0.1) is 11.3 Å². The van der Waals surface area contributed by atoms with E-state index in [2.05, 4.69) is 21.2 Å². The molecule has 1 N–H and O–H groups in total. The van der Waals surface area contributed by atoms with Gasteiger partial charge < -0.3 is 15.1 Å². The van der Waals surface area contributed by atoms with Crippen molar-refractivity contribution in [2.45, 2.75) is 25.9 Å². The number of thiophene rings is 1. The van der Waals surface area contributed by atoms with E-state index in [1.807, 2.05) is 41.3 Å². The highest BCUT2D eigenvalue weighted by Gasteiger charge is 2.19. The van der Waals surface area contributed by atoms with Gasteiger partial charge in [-0.05, 0) is 52.2 Å². The smallest absolute Gasteiger partial charge is 0.321 e. The van der Waals surface area contributed by atoms with Gasteiger partial charge in [0.05, 0.1) is 10.3 Å². The topological polar surface area (TPSA) is 52.7 Å². The number of benzene rings is 1. The summed E-state index contributed by atoms with van der Waals surface area (Å²) >= 11 is 5.05. The number of carbonyl (C=O) groups excluding carboxylic acids is 2. The van der Waals surface area contributed by atoms with Crippen LogP contribution in [0.3, 0.4) is 0 Å². The molecule has 5 nitrogen and oxygen atoms in total. The minimum absolute atomic E-state index is 0.146. The van der Waals surface area contributed by atoms with Gasteiger partial charge in [0.1, 0.15) is 0 Å². The molecular formula is C18H20BrN3O2S. The molecule has 0 radical (unpaired) electrons. The van der Waals surface area contributed by atoms with Crippen molar-refractivity contribution in [3.63, 3.8) is 0 Å². The van der Waals surface area contributed by atoms with Crippen LogP contribution in [0.1, 0.15) is 23.3 Å². The fourth-order valence-corrected chi connectivity index (χ4v) is 4.28. The second kappa shape index (κ2) is 8.01. The number of rotatable bonds is 5. The molecule has 3 rings (SSSR count). The van der Waals surface area contributed by atoms with Crippen molar-refractivity contribution < 1.29 is 9.59 Å². The zero-order valence-corrected chi connectivity index (χ0v) is 16.4. The minimum Gasteiger partial charge on any atom is -0.338 e. The highest BCUT2D eigenvalue weighted by atomic mass is 79.9. The number of anilines is 1. The van der Waals surface area contributed by atoms with E-state index in [1.54, 1.807) is 23.3 Å². The molecule has 0 unspecified atom stereocenters. The molecule has 0 atom stereocenters. The van der Waals surface area contributed by atoms with E-state index >= 15 is 0 Å². The number of hydrogen-bond acceptors (Lipinski definition) is 3. The summed E-state index contributed by atoms with van der Waals surface area (Å²) in [5, 5.41) is 2.90. The quantitative estimate of drug-likeness (QED) is 0.782. The predicted molar refractivity (Wildman–Crippen MR) is 104 cm³/mol. The molecule has 132 valence electrons. The van der Waals surface area contributed by atoms with Crippen molar-refractivity contribution in [1.29, 1.82) is 0 Å². The number of likely N-dealkylation sites (tertiary alicyclic amines) is 1. The lowest BCUT2D eigenvalue weighted by atomic mass is 10.2. The summed E-state index contributed by atoms with van der Waals surface area (Å²) in [6.45, 7) is 2.04. The van der Waals surface area contributed by atoms with E-state index in [9.17, 15) is 9.59 Å². The molecule has 1 saturated heterocycles. The molecule has 1 fully saturated rings. The molecule has 2 aromatic rings. The second-order valence-electron chi connectivity index (χ2n) is 6.11. The summed E-state index contributed by atoms with van der Waals surface area (Å²) in [7, 11) is 1.77. The lowest BCUT2D eigenvalue weighted by molar-refractivity contribution is -0.128. The molecule has 1 aromatic carbocycles. The number of carbonyl (C=O) groups is 2. The zero-order chi connectivity index (χ0) is 17.8. The van der Waals surface area contributed by atoms with Crippen LogP contribution in [0.5, 0.6) is 0 Å². The Hall–Kier alpha value is -1.86. The van der Waals surface area contributed by atoms with Gasteiger partial charge in [0, 0.05) is 37.1 Å². The van der Waals surface area contributed by atoms with E-state index in [-0.39, 0.29) is 11.9 Å². The molecule has 7 heteroatoms. The first kappa shape index (κ1) is 17.9. The Labute approximate surface area is 159 Å². The van der Waals surface area contributed by atoms with Crippen LogP contribution in [0, 0.1) is 0 Å². The van der Waals surface area contributed by atoms with Gasteiger partial charge in [-0.3, -0.25) is 4.79 Å². The molecule has 25 heavy (non-hydrogen) atoms. The lowest BCUT2D eigenvalue weighted by Crippen LogP contribution is -2.30. The summed E-state index contributed by atoms with van der Waals surface area (Å²) in [6.07, 6.45) is 1.60. The molecule has 1 aromatic heterocycles. The first-order valence-electron chi connectivity index (χ1n) is 8.14. The van der Waals surface area contributed by atoms with Crippen molar-refractivity contribution in [3.8, 4) is 0 Å². The van der Waals surface area contributed by atoms with E-state index in [4.69, 9.17) is 0 Å². The van der Waals surface area contributed by atoms with E-state index in [1.165, 1.54) is 0 Å². The SMILES string of the molecule is CN(Cc1ccc(Br)s1)C(=O)Nc1ccc(CN2CCCC2=O)cc1. The molecule has 0 spiro atoms. The summed E-state index contributed by atoms with van der Waals surface area (Å²) in [6, 6.07) is 11.5. The highest BCUT2D eigenvalue weighted by molar-refractivity contribution is 9.11. The van der Waals surface area contributed by atoms with Crippen molar-refractivity contribution in [1.82, 2.24) is 9.80 Å². The van der Waals surface area contributed by atoms with E-state index in [0.29, 0.717) is 19.5 Å². The monoisotopic (exact) mass is 421 g/mol. The third-order valence-corrected chi connectivity index (χ3v) is 5.73. The standard InChI is InChI=1S/C18H20BrN3O2S/c1-21(12-15-8-9-16(19)25-15)18(24)20-14-6-4-13(5-7-14)11-22-10-2-3-17(22)23/h4-9H,2-3,10-12H2,1H3,(H,20,24). The number of nitrogens with zero attached hydrogens (tertiary/aromatic N) is 2. The number of amides is 3. The van der Waals surface area contributed by atoms with Crippen LogP contribution in [-0.4, -0.2) is 35.3 Å². The van der Waals surface area contributed by atoms with Crippen LogP contribution in [0.4, 0.5) is 10.5 Å². The lowest BCUT2D eigenvalue weighted by Gasteiger charge is -2.18. The maximum Gasteiger partial charge on any atom is 0.321 e. The predicted octanol–water partition coefficient (Wildman–Crippen LogP) is 4.30. The maximum absolute atomic E-state index is 12.3. The molecule has 1 aliphatic heterocycles. The highest BCUT2D eigenvalue weighted by Crippen LogP contribution is 2.23. The largest absolute Gasteiger partial charge is 0.338 e. The molecule has 0 aliphatic carbocycles. The summed E-state index contributed by atoms with van der Waals surface area (Å²) in [5.74, 6) is 0.221. The summed E-state index contributed by atoms with van der Waals surface area (Å²) in [4.78, 5) is 28.6. The van der Waals surface area contributed by atoms with E-state index < -0.39 is 0 Å². The van der Waals surface area contributed by atoms with Crippen LogP contribution in [0.25, 0.3) is 0 Å². The Balaban J connectivity index is 1.53. The Morgan fingerprint density at radius 2 is 2.04 bits per heavy atom. The fourth-order valence-electron chi connectivity index (χ4n) is 2.75. The van der Waals surface area contributed by atoms with Gasteiger partial charge in [0.2, 0.25) is 5.91 Å². The second-order valence-corrected chi connectivity index (χ2v) is 8.66. The third kappa shape index (κ3) is 4.83. The van der Waals surface area contributed by atoms with Gasteiger partial charge in [0.25, 0.3) is 0 Å². The number of nitrogens with one attached hydrogen (secondary N) is 1. The van der Waals surface area contributed by atoms with Gasteiger partial charge in [0.15, 0.2) is 0 Å². The van der Waals surface area contributed by atoms with Crippen molar-refractivity contribution in [2.24, 2.45) is 0 Å². The molecule has 1 aliphatic rings. The average Bonchev–Trinajstić information content (AvgIpc) is 3.18. The molecular weight excluding hydrogens is 402 g/mol. The van der Waals surface area contributed by atoms with Gasteiger partial charge in [-0.2, -0.15) is 0 Å². The fraction of sp³-hybridized carbons (Fsp3) is 0.333. The summed E-state index contributed by atoms with van der Waals surface area (Å²) in [5.41, 5.74) is 1.82.